The molecule has 0 spiro atoms. The minimum atomic E-state index is -0.0933. The highest BCUT2D eigenvalue weighted by atomic mass is 16.2. The first-order valence-corrected chi connectivity index (χ1v) is 9.32. The molecule has 1 aliphatic carbocycles. The number of benzene rings is 1. The van der Waals surface area contributed by atoms with Crippen LogP contribution in [0, 0.1) is 0 Å². The van der Waals surface area contributed by atoms with E-state index in [1.54, 1.807) is 0 Å². The Morgan fingerprint density at radius 2 is 2.08 bits per heavy atom. The summed E-state index contributed by atoms with van der Waals surface area (Å²) in [4.78, 5) is 12.1. The molecule has 2 N–H and O–H groups in total. The second kappa shape index (κ2) is 7.25. The van der Waals surface area contributed by atoms with Gasteiger partial charge in [0.1, 0.15) is 11.6 Å². The van der Waals surface area contributed by atoms with Crippen LogP contribution in [-0.2, 0) is 25.8 Å². The number of nitrogens with zero attached hydrogens (tertiary/aromatic N) is 3. The maximum Gasteiger partial charge on any atom is 0.314 e. The van der Waals surface area contributed by atoms with E-state index in [2.05, 4.69) is 49.7 Å². The monoisotopic (exact) mass is 339 g/mol. The van der Waals surface area contributed by atoms with Crippen LogP contribution in [0.5, 0.6) is 0 Å². The van der Waals surface area contributed by atoms with E-state index in [0.29, 0.717) is 19.0 Å². The van der Waals surface area contributed by atoms with Crippen molar-refractivity contribution in [3.63, 3.8) is 0 Å². The first-order valence-electron chi connectivity index (χ1n) is 9.32. The number of nitrogens with one attached hydrogen (secondary N) is 2. The zero-order chi connectivity index (χ0) is 17.1. The Balaban J connectivity index is 1.23. The first-order chi connectivity index (χ1) is 12.3. The highest BCUT2D eigenvalue weighted by Gasteiger charge is 2.20. The van der Waals surface area contributed by atoms with E-state index < -0.39 is 0 Å². The molecule has 2 amide bonds. The van der Waals surface area contributed by atoms with E-state index >= 15 is 0 Å². The summed E-state index contributed by atoms with van der Waals surface area (Å²) < 4.78 is 2.18. The van der Waals surface area contributed by atoms with Crippen molar-refractivity contribution in [2.24, 2.45) is 0 Å². The van der Waals surface area contributed by atoms with Gasteiger partial charge in [0.2, 0.25) is 0 Å². The molecule has 4 rings (SSSR count). The average molecular weight is 339 g/mol. The van der Waals surface area contributed by atoms with Crippen LogP contribution >= 0.6 is 0 Å². The van der Waals surface area contributed by atoms with Gasteiger partial charge in [0.25, 0.3) is 0 Å². The quantitative estimate of drug-likeness (QED) is 0.877. The summed E-state index contributed by atoms with van der Waals surface area (Å²) in [6.07, 6.45) is 6.39. The number of carbonyl (C=O) groups is 1. The molecule has 2 heterocycles. The Bertz CT molecular complexity index is 754. The molecule has 0 bridgehead atoms. The van der Waals surface area contributed by atoms with Crippen LogP contribution in [0.25, 0.3) is 0 Å². The fraction of sp³-hybridized carbons (Fsp3) is 0.526. The van der Waals surface area contributed by atoms with Crippen LogP contribution < -0.4 is 10.6 Å². The number of amides is 2. The Hall–Kier alpha value is -2.37. The first kappa shape index (κ1) is 16.1. The van der Waals surface area contributed by atoms with Gasteiger partial charge in [-0.3, -0.25) is 0 Å². The van der Waals surface area contributed by atoms with Crippen molar-refractivity contribution in [3.8, 4) is 0 Å². The minimum Gasteiger partial charge on any atom is -0.338 e. The molecule has 0 fully saturated rings. The van der Waals surface area contributed by atoms with Crippen LogP contribution in [-0.4, -0.2) is 33.9 Å². The largest absolute Gasteiger partial charge is 0.338 e. The Kier molecular flexibility index (Phi) is 4.68. The van der Waals surface area contributed by atoms with Crippen molar-refractivity contribution in [1.82, 2.24) is 25.4 Å². The van der Waals surface area contributed by atoms with E-state index in [0.717, 1.165) is 50.3 Å². The standard InChI is InChI=1S/C19H25N5O/c25-19(20-11-10-18-23-22-17-9-4-12-24(17)18)21-13-15-7-3-6-14-5-1-2-8-16(14)15/h1-2,5,8,15H,3-4,6-7,9-13H2,(H2,20,21,25). The number of hydrogen-bond donors (Lipinski definition) is 2. The molecule has 6 heteroatoms. The summed E-state index contributed by atoms with van der Waals surface area (Å²) in [6.45, 7) is 2.29. The summed E-state index contributed by atoms with van der Waals surface area (Å²) in [5.41, 5.74) is 2.83. The topological polar surface area (TPSA) is 71.8 Å². The lowest BCUT2D eigenvalue weighted by Crippen LogP contribution is -2.39. The lowest BCUT2D eigenvalue weighted by molar-refractivity contribution is 0.240. The summed E-state index contributed by atoms with van der Waals surface area (Å²) in [7, 11) is 0. The fourth-order valence-corrected chi connectivity index (χ4v) is 4.03. The van der Waals surface area contributed by atoms with Gasteiger partial charge < -0.3 is 15.2 Å². The number of urea groups is 1. The molecule has 0 saturated carbocycles. The molecule has 0 radical (unpaired) electrons. The number of fused-ring (bicyclic) bond motifs is 2. The van der Waals surface area contributed by atoms with Crippen LogP contribution in [0.1, 0.15) is 48.0 Å². The van der Waals surface area contributed by atoms with Crippen molar-refractivity contribution < 1.29 is 4.79 Å². The molecular formula is C19H25N5O. The van der Waals surface area contributed by atoms with Crippen LogP contribution in [0.3, 0.4) is 0 Å². The van der Waals surface area contributed by atoms with Gasteiger partial charge in [-0.25, -0.2) is 4.79 Å². The Labute approximate surface area is 148 Å². The average Bonchev–Trinajstić information content (AvgIpc) is 3.25. The summed E-state index contributed by atoms with van der Waals surface area (Å²) in [6, 6.07) is 8.50. The van der Waals surface area contributed by atoms with E-state index in [-0.39, 0.29) is 6.03 Å². The number of rotatable bonds is 5. The molecule has 6 nitrogen and oxygen atoms in total. The number of carbonyl (C=O) groups excluding carboxylic acids is 1. The van der Waals surface area contributed by atoms with Gasteiger partial charge in [-0.1, -0.05) is 24.3 Å². The lowest BCUT2D eigenvalue weighted by Gasteiger charge is -2.25. The number of aromatic nitrogens is 3. The van der Waals surface area contributed by atoms with Crippen LogP contribution in [0.2, 0.25) is 0 Å². The van der Waals surface area contributed by atoms with Crippen molar-refractivity contribution in [2.45, 2.75) is 51.0 Å². The SMILES string of the molecule is O=C(NCCc1nnc2n1CCC2)NCC1CCCc2ccccc21. The van der Waals surface area contributed by atoms with Crippen LogP contribution in [0.15, 0.2) is 24.3 Å². The van der Waals surface area contributed by atoms with Crippen molar-refractivity contribution >= 4 is 6.03 Å². The molecule has 1 aliphatic heterocycles. The molecule has 2 aromatic rings. The Morgan fingerprint density at radius 1 is 1.16 bits per heavy atom. The predicted octanol–water partition coefficient (Wildman–Crippen LogP) is 2.19. The molecule has 1 aromatic carbocycles. The van der Waals surface area contributed by atoms with Gasteiger partial charge in [-0.05, 0) is 36.8 Å². The zero-order valence-corrected chi connectivity index (χ0v) is 14.5. The molecule has 132 valence electrons. The van der Waals surface area contributed by atoms with Gasteiger partial charge >= 0.3 is 6.03 Å². The molecule has 25 heavy (non-hydrogen) atoms. The van der Waals surface area contributed by atoms with E-state index in [9.17, 15) is 4.79 Å². The molecule has 1 unspecified atom stereocenters. The van der Waals surface area contributed by atoms with E-state index in [1.807, 2.05) is 0 Å². The second-order valence-corrected chi connectivity index (χ2v) is 6.96. The molecule has 1 aromatic heterocycles. The summed E-state index contributed by atoms with van der Waals surface area (Å²) >= 11 is 0. The number of hydrogen-bond acceptors (Lipinski definition) is 3. The van der Waals surface area contributed by atoms with Gasteiger partial charge in [0.15, 0.2) is 0 Å². The molecular weight excluding hydrogens is 314 g/mol. The highest BCUT2D eigenvalue weighted by Crippen LogP contribution is 2.30. The van der Waals surface area contributed by atoms with Crippen molar-refractivity contribution in [2.75, 3.05) is 13.1 Å². The minimum absolute atomic E-state index is 0.0933. The molecule has 0 saturated heterocycles. The van der Waals surface area contributed by atoms with Gasteiger partial charge in [-0.15, -0.1) is 10.2 Å². The lowest BCUT2D eigenvalue weighted by atomic mass is 9.83. The number of aryl methyl sites for hydroxylation is 2. The highest BCUT2D eigenvalue weighted by molar-refractivity contribution is 5.73. The zero-order valence-electron chi connectivity index (χ0n) is 14.5. The van der Waals surface area contributed by atoms with Crippen molar-refractivity contribution in [1.29, 1.82) is 0 Å². The van der Waals surface area contributed by atoms with Crippen molar-refractivity contribution in [3.05, 3.63) is 47.0 Å². The summed E-state index contributed by atoms with van der Waals surface area (Å²) in [5, 5.41) is 14.4. The summed E-state index contributed by atoms with van der Waals surface area (Å²) in [5.74, 6) is 2.49. The second-order valence-electron chi connectivity index (χ2n) is 6.96. The van der Waals surface area contributed by atoms with Gasteiger partial charge in [0, 0.05) is 38.4 Å². The Morgan fingerprint density at radius 3 is 3.04 bits per heavy atom. The molecule has 2 aliphatic rings. The van der Waals surface area contributed by atoms with Gasteiger partial charge in [-0.2, -0.15) is 0 Å². The maximum atomic E-state index is 12.1. The normalized spacial score (nSPS) is 18.5. The smallest absolute Gasteiger partial charge is 0.314 e. The van der Waals surface area contributed by atoms with Gasteiger partial charge in [0.05, 0.1) is 0 Å². The third kappa shape index (κ3) is 3.52. The fourth-order valence-electron chi connectivity index (χ4n) is 4.03. The molecule has 1 atom stereocenters. The van der Waals surface area contributed by atoms with E-state index in [4.69, 9.17) is 0 Å². The predicted molar refractivity (Wildman–Crippen MR) is 95.6 cm³/mol. The third-order valence-corrected chi connectivity index (χ3v) is 5.32. The van der Waals surface area contributed by atoms with E-state index in [1.165, 1.54) is 17.5 Å². The van der Waals surface area contributed by atoms with Crippen LogP contribution in [0.4, 0.5) is 4.79 Å². The maximum absolute atomic E-state index is 12.1. The third-order valence-electron chi connectivity index (χ3n) is 5.32.